The highest BCUT2D eigenvalue weighted by Crippen LogP contribution is 2.43. The van der Waals surface area contributed by atoms with Crippen LogP contribution in [0.1, 0.15) is 58.0 Å². The van der Waals surface area contributed by atoms with Gasteiger partial charge in [-0.3, -0.25) is 9.48 Å². The van der Waals surface area contributed by atoms with Crippen LogP contribution in [0.5, 0.6) is 11.6 Å². The van der Waals surface area contributed by atoms with Crippen molar-refractivity contribution in [2.24, 2.45) is 14.1 Å². The van der Waals surface area contributed by atoms with Gasteiger partial charge in [-0.15, -0.1) is 0 Å². The number of likely N-dealkylation sites (N-methyl/N-ethyl adjacent to an activating group) is 1. The Labute approximate surface area is 337 Å². The number of benzene rings is 3. The second-order valence-electron chi connectivity index (χ2n) is 14.7. The van der Waals surface area contributed by atoms with E-state index < -0.39 is 0 Å². The highest BCUT2D eigenvalue weighted by Gasteiger charge is 2.28. The number of rotatable bonds is 13. The van der Waals surface area contributed by atoms with Crippen molar-refractivity contribution < 1.29 is 14.3 Å². The number of carbonyl (C=O) groups is 1. The van der Waals surface area contributed by atoms with Crippen LogP contribution in [0.25, 0.3) is 44.3 Å². The van der Waals surface area contributed by atoms with E-state index in [2.05, 4.69) is 69.3 Å². The van der Waals surface area contributed by atoms with Crippen LogP contribution in [0.15, 0.2) is 60.9 Å². The number of methoxy groups -OCH3 is 1. The smallest absolute Gasteiger partial charge is 0.216 e. The van der Waals surface area contributed by atoms with Crippen molar-refractivity contribution in [3.8, 4) is 34.1 Å². The average molecular weight is 793 g/mol. The molecular formula is C44H47Cl2N7O3. The standard InChI is InChI=1S/C44H47Cl2N7O3/c1-25-19-31(20-26(2)42(25)46)56-18-10-11-32-33-13-14-35(45)41(40-28(4)49-52(8)29(40)5)43(33)53(38(32)24-54)27(3)22-50(6)37-23-51(7)36-15-12-30(21-34(36)37)44-47-17-16-39(48-44)55-9/h12-17,19-21,23-24,27H,10-11,18,22H2,1-9H3/t27-/m1/s1. The quantitative estimate of drug-likeness (QED) is 0.0848. The first-order valence-corrected chi connectivity index (χ1v) is 19.5. The third-order valence-corrected chi connectivity index (χ3v) is 11.7. The maximum Gasteiger partial charge on any atom is 0.216 e. The SMILES string of the molecule is COc1ccnc(-c2ccc3c(c2)c(N(C)C[C@@H](C)n2c(C=O)c(CCCOc4cc(C)c(Cl)c(C)c4)c4ccc(Cl)c(-c5c(C)nn(C)c5C)c42)cn3C)n1. The van der Waals surface area contributed by atoms with E-state index in [-0.39, 0.29) is 6.04 Å². The maximum absolute atomic E-state index is 13.4. The van der Waals surface area contributed by atoms with E-state index in [0.29, 0.717) is 48.4 Å². The van der Waals surface area contributed by atoms with Gasteiger partial charge < -0.3 is 23.5 Å². The van der Waals surface area contributed by atoms with Gasteiger partial charge in [-0.25, -0.2) is 4.98 Å². The highest BCUT2D eigenvalue weighted by molar-refractivity contribution is 6.35. The van der Waals surface area contributed by atoms with Gasteiger partial charge in [0, 0.05) is 95.9 Å². The van der Waals surface area contributed by atoms with Crippen LogP contribution >= 0.6 is 23.2 Å². The van der Waals surface area contributed by atoms with Crippen molar-refractivity contribution in [2.45, 2.75) is 53.5 Å². The number of aldehydes is 1. The third kappa shape index (κ3) is 7.01. The molecule has 3 aromatic carbocycles. The largest absolute Gasteiger partial charge is 0.494 e. The molecule has 0 saturated carbocycles. The summed E-state index contributed by atoms with van der Waals surface area (Å²) in [6, 6.07) is 15.8. The van der Waals surface area contributed by atoms with Crippen LogP contribution in [-0.2, 0) is 20.5 Å². The van der Waals surface area contributed by atoms with Crippen LogP contribution in [0.4, 0.5) is 5.69 Å². The number of ether oxygens (including phenoxy) is 2. The van der Waals surface area contributed by atoms with Gasteiger partial charge in [0.1, 0.15) is 5.75 Å². The predicted molar refractivity (Wildman–Crippen MR) is 227 cm³/mol. The Morgan fingerprint density at radius 3 is 2.39 bits per heavy atom. The summed E-state index contributed by atoms with van der Waals surface area (Å²) in [5.74, 6) is 1.88. The van der Waals surface area contributed by atoms with Crippen molar-refractivity contribution in [2.75, 3.05) is 32.2 Å². The predicted octanol–water partition coefficient (Wildman–Crippen LogP) is 10.1. The van der Waals surface area contributed by atoms with Gasteiger partial charge in [-0.2, -0.15) is 10.1 Å². The third-order valence-electron chi connectivity index (χ3n) is 10.8. The number of aryl methyl sites for hydroxylation is 6. The zero-order valence-electron chi connectivity index (χ0n) is 33.4. The van der Waals surface area contributed by atoms with Crippen molar-refractivity contribution in [1.82, 2.24) is 28.9 Å². The van der Waals surface area contributed by atoms with Gasteiger partial charge in [0.2, 0.25) is 5.88 Å². The molecule has 0 aliphatic rings. The molecule has 7 aromatic rings. The number of hydrogen-bond donors (Lipinski definition) is 0. The molecule has 0 N–H and O–H groups in total. The number of aromatic nitrogens is 6. The van der Waals surface area contributed by atoms with E-state index in [1.807, 2.05) is 63.8 Å². The van der Waals surface area contributed by atoms with Crippen molar-refractivity contribution in [3.63, 3.8) is 0 Å². The zero-order valence-corrected chi connectivity index (χ0v) is 34.9. The Morgan fingerprint density at radius 2 is 1.71 bits per heavy atom. The molecule has 0 saturated heterocycles. The molecule has 0 fully saturated rings. The Balaban J connectivity index is 1.29. The van der Waals surface area contributed by atoms with Crippen LogP contribution < -0.4 is 14.4 Å². The lowest BCUT2D eigenvalue weighted by atomic mass is 9.98. The van der Waals surface area contributed by atoms with E-state index in [4.69, 9.17) is 37.8 Å². The van der Waals surface area contributed by atoms with Crippen molar-refractivity contribution in [1.29, 1.82) is 0 Å². The Kier molecular flexibility index (Phi) is 10.9. The molecule has 0 radical (unpaired) electrons. The number of nitrogens with zero attached hydrogens (tertiary/aromatic N) is 7. The normalized spacial score (nSPS) is 12.1. The molecule has 7 rings (SSSR count). The molecule has 0 spiro atoms. The van der Waals surface area contributed by atoms with Gasteiger partial charge in [0.25, 0.3) is 0 Å². The van der Waals surface area contributed by atoms with Crippen molar-refractivity contribution >= 4 is 57.0 Å². The van der Waals surface area contributed by atoms with Crippen LogP contribution in [-0.4, -0.2) is 62.5 Å². The van der Waals surface area contributed by atoms with Gasteiger partial charge in [-0.1, -0.05) is 29.3 Å². The number of halogens is 2. The molecule has 290 valence electrons. The summed E-state index contributed by atoms with van der Waals surface area (Å²) in [5, 5.41) is 8.17. The average Bonchev–Trinajstić information content (AvgIpc) is 3.78. The van der Waals surface area contributed by atoms with E-state index in [1.54, 1.807) is 19.4 Å². The fourth-order valence-corrected chi connectivity index (χ4v) is 8.46. The molecule has 4 aromatic heterocycles. The minimum atomic E-state index is -0.151. The first-order chi connectivity index (χ1) is 26.8. The highest BCUT2D eigenvalue weighted by atomic mass is 35.5. The number of anilines is 1. The van der Waals surface area contributed by atoms with Gasteiger partial charge in [0.05, 0.1) is 41.3 Å². The second kappa shape index (κ2) is 15.7. The number of fused-ring (bicyclic) bond motifs is 2. The summed E-state index contributed by atoms with van der Waals surface area (Å²) in [5.41, 5.74) is 11.2. The second-order valence-corrected chi connectivity index (χ2v) is 15.5. The zero-order chi connectivity index (χ0) is 40.0. The molecule has 12 heteroatoms. The topological polar surface area (TPSA) is 92.2 Å². The maximum atomic E-state index is 13.4. The minimum absolute atomic E-state index is 0.151. The van der Waals surface area contributed by atoms with Gasteiger partial charge >= 0.3 is 0 Å². The Hall–Kier alpha value is -5.32. The molecule has 0 aliphatic heterocycles. The molecule has 0 bridgehead atoms. The summed E-state index contributed by atoms with van der Waals surface area (Å²) in [4.78, 5) is 24.7. The van der Waals surface area contributed by atoms with E-state index in [9.17, 15) is 4.79 Å². The molecule has 4 heterocycles. The first-order valence-electron chi connectivity index (χ1n) is 18.7. The van der Waals surface area contributed by atoms with Crippen molar-refractivity contribution in [3.05, 3.63) is 105 Å². The van der Waals surface area contributed by atoms with Crippen LogP contribution in [0.2, 0.25) is 10.0 Å². The summed E-state index contributed by atoms with van der Waals surface area (Å²) >= 11 is 13.6. The monoisotopic (exact) mass is 791 g/mol. The number of carbonyl (C=O) groups excluding carboxylic acids is 1. The Morgan fingerprint density at radius 1 is 0.964 bits per heavy atom. The summed E-state index contributed by atoms with van der Waals surface area (Å²) in [6.45, 7) is 11.3. The van der Waals surface area contributed by atoms with Crippen LogP contribution in [0, 0.1) is 27.7 Å². The fourth-order valence-electron chi connectivity index (χ4n) is 8.10. The minimum Gasteiger partial charge on any atom is -0.494 e. The Bertz CT molecular complexity index is 2600. The lowest BCUT2D eigenvalue weighted by molar-refractivity contribution is 0.111. The molecule has 0 amide bonds. The molecule has 0 aliphatic carbocycles. The molecule has 56 heavy (non-hydrogen) atoms. The number of hydrogen-bond acceptors (Lipinski definition) is 7. The van der Waals surface area contributed by atoms with Crippen LogP contribution in [0.3, 0.4) is 0 Å². The summed E-state index contributed by atoms with van der Waals surface area (Å²) < 4.78 is 17.8. The lowest BCUT2D eigenvalue weighted by Crippen LogP contribution is -2.27. The first kappa shape index (κ1) is 38.9. The molecule has 0 unspecified atom stereocenters. The van der Waals surface area contributed by atoms with E-state index >= 15 is 0 Å². The van der Waals surface area contributed by atoms with Gasteiger partial charge in [-0.05, 0) is 101 Å². The summed E-state index contributed by atoms with van der Waals surface area (Å²) in [7, 11) is 7.68. The van der Waals surface area contributed by atoms with E-state index in [1.165, 1.54) is 0 Å². The molecule has 10 nitrogen and oxygen atoms in total. The summed E-state index contributed by atoms with van der Waals surface area (Å²) in [6.07, 6.45) is 6.18. The molecule has 1 atom stereocenters. The molecular weight excluding hydrogens is 745 g/mol. The lowest BCUT2D eigenvalue weighted by Gasteiger charge is -2.26. The van der Waals surface area contributed by atoms with Gasteiger partial charge in [0.15, 0.2) is 12.1 Å². The fraction of sp³-hybridized carbons (Fsp3) is 0.318. The van der Waals surface area contributed by atoms with E-state index in [0.717, 1.165) is 89.3 Å².